The van der Waals surface area contributed by atoms with Crippen LogP contribution >= 0.6 is 11.6 Å². The summed E-state index contributed by atoms with van der Waals surface area (Å²) in [7, 11) is 0. The minimum absolute atomic E-state index is 0.0381. The van der Waals surface area contributed by atoms with Gasteiger partial charge in [0.25, 0.3) is 0 Å². The third-order valence-corrected chi connectivity index (χ3v) is 3.21. The van der Waals surface area contributed by atoms with Crippen LogP contribution in [0.25, 0.3) is 5.57 Å². The smallest absolute Gasteiger partial charge is 0.224 e. The van der Waals surface area contributed by atoms with Crippen molar-refractivity contribution in [2.24, 2.45) is 11.7 Å². The summed E-state index contributed by atoms with van der Waals surface area (Å²) in [4.78, 5) is 11.9. The maximum atomic E-state index is 11.9. The van der Waals surface area contributed by atoms with Gasteiger partial charge in [0.2, 0.25) is 5.91 Å². The molecule has 0 spiro atoms. The van der Waals surface area contributed by atoms with Crippen LogP contribution in [-0.2, 0) is 11.2 Å². The largest absolute Gasteiger partial charge is 0.369 e. The number of allylic oxidation sites excluding steroid dienone is 1. The van der Waals surface area contributed by atoms with E-state index < -0.39 is 30.9 Å². The number of primary amides is 1. The molecule has 0 saturated heterocycles. The molecule has 1 atom stereocenters. The molecule has 2 N–H and O–H groups in total. The highest BCUT2D eigenvalue weighted by Crippen LogP contribution is 2.44. The third-order valence-electron chi connectivity index (χ3n) is 2.99. The number of carbonyl (C=O) groups is 1. The maximum Gasteiger partial charge on any atom is 0.224 e. The zero-order valence-corrected chi connectivity index (χ0v) is 9.56. The molecule has 17 heavy (non-hydrogen) atoms. The van der Waals surface area contributed by atoms with Gasteiger partial charge in [0.15, 0.2) is 0 Å². The van der Waals surface area contributed by atoms with Gasteiger partial charge in [-0.2, -0.15) is 0 Å². The summed E-state index contributed by atoms with van der Waals surface area (Å²) in [5.74, 6) is -2.67. The van der Waals surface area contributed by atoms with E-state index in [-0.39, 0.29) is 34.2 Å². The highest BCUT2D eigenvalue weighted by atomic mass is 35.5. The fourth-order valence-electron chi connectivity index (χ4n) is 2.21. The topological polar surface area (TPSA) is 43.1 Å². The van der Waals surface area contributed by atoms with Crippen LogP contribution in [0.2, 0.25) is 5.02 Å². The molecule has 2 aliphatic carbocycles. The van der Waals surface area contributed by atoms with Crippen molar-refractivity contribution in [1.82, 2.24) is 0 Å². The van der Waals surface area contributed by atoms with Crippen molar-refractivity contribution in [3.05, 3.63) is 39.9 Å². The van der Waals surface area contributed by atoms with Crippen molar-refractivity contribution in [3.63, 3.8) is 0 Å². The Bertz CT molecular complexity index is 803. The van der Waals surface area contributed by atoms with E-state index in [9.17, 15) is 4.79 Å². The van der Waals surface area contributed by atoms with Crippen LogP contribution in [0.5, 0.6) is 0 Å². The molecular formula is C14H14ClNO. The highest BCUT2D eigenvalue weighted by Gasteiger charge is 2.32. The summed E-state index contributed by atoms with van der Waals surface area (Å²) in [6, 6.07) is 2.89. The van der Waals surface area contributed by atoms with E-state index in [0.29, 0.717) is 5.56 Å². The van der Waals surface area contributed by atoms with Crippen LogP contribution in [0.15, 0.2) is 23.7 Å². The Morgan fingerprint density at radius 1 is 1.59 bits per heavy atom. The maximum absolute atomic E-state index is 11.9. The van der Waals surface area contributed by atoms with E-state index in [1.54, 1.807) is 6.07 Å². The summed E-state index contributed by atoms with van der Waals surface area (Å²) in [5, 5.41) is 0.0723. The first-order valence-corrected chi connectivity index (χ1v) is 5.54. The summed E-state index contributed by atoms with van der Waals surface area (Å²) in [5.41, 5.74) is 5.90. The molecule has 1 aromatic rings. The Kier molecular flexibility index (Phi) is 1.27. The van der Waals surface area contributed by atoms with Crippen molar-refractivity contribution in [1.29, 1.82) is 0 Å². The van der Waals surface area contributed by atoms with Crippen LogP contribution in [0.3, 0.4) is 0 Å². The Hall–Kier alpha value is -1.28. The first-order chi connectivity index (χ1) is 10.9. The van der Waals surface area contributed by atoms with E-state index in [0.717, 1.165) is 0 Å². The number of hydrogen-bond donors (Lipinski definition) is 1. The molecule has 0 radical (unpaired) electrons. The lowest BCUT2D eigenvalue weighted by Crippen LogP contribution is -2.27. The fraction of sp³-hybridized carbons (Fsp3) is 0.357. The van der Waals surface area contributed by atoms with E-state index in [2.05, 4.69) is 0 Å². The lowest BCUT2D eigenvalue weighted by molar-refractivity contribution is -0.121. The van der Waals surface area contributed by atoms with E-state index in [1.165, 1.54) is 6.07 Å². The lowest BCUT2D eigenvalue weighted by atomic mass is 9.82. The number of hydrogen-bond acceptors (Lipinski definition) is 1. The summed E-state index contributed by atoms with van der Waals surface area (Å²) < 4.78 is 56.9. The van der Waals surface area contributed by atoms with Gasteiger partial charge >= 0.3 is 0 Å². The van der Waals surface area contributed by atoms with E-state index in [4.69, 9.17) is 26.9 Å². The molecule has 88 valence electrons. The van der Waals surface area contributed by atoms with Gasteiger partial charge in [-0.25, -0.2) is 0 Å². The zero-order valence-electron chi connectivity index (χ0n) is 15.8. The molecule has 0 heterocycles. The predicted octanol–water partition coefficient (Wildman–Crippen LogP) is 2.94. The molecule has 3 rings (SSSR count). The number of nitrogens with two attached hydrogens (primary N) is 1. The number of amides is 1. The van der Waals surface area contributed by atoms with E-state index >= 15 is 0 Å². The number of rotatable bonds is 1. The molecule has 1 aromatic carbocycles. The number of halogens is 1. The fourth-order valence-corrected chi connectivity index (χ4v) is 2.37. The van der Waals surface area contributed by atoms with Crippen molar-refractivity contribution < 1.29 is 14.4 Å². The molecule has 0 aromatic heterocycles. The molecule has 1 amide bonds. The molecule has 1 unspecified atom stereocenters. The SMILES string of the molecule is [2H]c1c(Cl)ccc2c1C1=C(C2)C(C(N)=O)C([2H])([2H])C([2H])([2H])C1([2H])[2H]. The van der Waals surface area contributed by atoms with Gasteiger partial charge in [0.1, 0.15) is 0 Å². The minimum atomic E-state index is -3.02. The summed E-state index contributed by atoms with van der Waals surface area (Å²) >= 11 is 5.95. The van der Waals surface area contributed by atoms with Gasteiger partial charge in [-0.1, -0.05) is 17.7 Å². The Morgan fingerprint density at radius 3 is 3.18 bits per heavy atom. The Morgan fingerprint density at radius 2 is 2.41 bits per heavy atom. The zero-order chi connectivity index (χ0) is 18.2. The van der Waals surface area contributed by atoms with Crippen LogP contribution in [0, 0.1) is 5.92 Å². The minimum Gasteiger partial charge on any atom is -0.369 e. The standard InChI is InChI=1S/C14H14ClNO/c15-9-5-4-8-6-13-10(12(8)7-9)2-1-3-11(13)14(16)17/h4-5,7,11H,1-3,6H2,(H2,16,17)/i1D2,2D2,3D2,7D. The van der Waals surface area contributed by atoms with Crippen LogP contribution in [0.1, 0.15) is 39.8 Å². The molecule has 3 heteroatoms. The monoisotopic (exact) mass is 254 g/mol. The Balaban J connectivity index is 2.41. The number of benzene rings is 1. The second kappa shape index (κ2) is 3.88. The molecule has 0 bridgehead atoms. The van der Waals surface area contributed by atoms with Gasteiger partial charge < -0.3 is 5.73 Å². The summed E-state index contributed by atoms with van der Waals surface area (Å²) in [6.45, 7) is 0. The van der Waals surface area contributed by atoms with Crippen LogP contribution in [-0.4, -0.2) is 5.91 Å². The second-order valence-corrected chi connectivity index (χ2v) is 4.42. The lowest BCUT2D eigenvalue weighted by Gasteiger charge is -2.22. The van der Waals surface area contributed by atoms with E-state index in [1.807, 2.05) is 0 Å². The van der Waals surface area contributed by atoms with Gasteiger partial charge in [-0.3, -0.25) is 4.79 Å². The van der Waals surface area contributed by atoms with Gasteiger partial charge in [0, 0.05) is 13.2 Å². The molecular weight excluding hydrogens is 234 g/mol. The van der Waals surface area contributed by atoms with Crippen molar-refractivity contribution in [2.75, 3.05) is 0 Å². The summed E-state index contributed by atoms with van der Waals surface area (Å²) in [6.07, 6.45) is -8.55. The van der Waals surface area contributed by atoms with Crippen molar-refractivity contribution in [2.45, 2.75) is 25.5 Å². The average molecular weight is 255 g/mol. The van der Waals surface area contributed by atoms with Gasteiger partial charge in [0.05, 0.1) is 7.29 Å². The number of fused-ring (bicyclic) bond motifs is 2. The van der Waals surface area contributed by atoms with Gasteiger partial charge in [-0.05, 0) is 59.9 Å². The van der Waals surface area contributed by atoms with Gasteiger partial charge in [-0.15, -0.1) is 0 Å². The molecule has 0 fully saturated rings. The highest BCUT2D eigenvalue weighted by molar-refractivity contribution is 6.30. The van der Waals surface area contributed by atoms with Crippen LogP contribution in [0.4, 0.5) is 0 Å². The normalized spacial score (nSPS) is 37.2. The Labute approximate surface area is 115 Å². The third kappa shape index (κ3) is 1.67. The average Bonchev–Trinajstić information content (AvgIpc) is 2.81. The van der Waals surface area contributed by atoms with Crippen molar-refractivity contribution in [3.8, 4) is 0 Å². The van der Waals surface area contributed by atoms with Crippen molar-refractivity contribution >= 4 is 23.1 Å². The van der Waals surface area contributed by atoms with Crippen LogP contribution < -0.4 is 5.73 Å². The predicted molar refractivity (Wildman–Crippen MR) is 68.6 cm³/mol. The second-order valence-electron chi connectivity index (χ2n) is 4.01. The molecule has 0 aliphatic heterocycles. The first kappa shape index (κ1) is 5.57. The quantitative estimate of drug-likeness (QED) is 0.823. The molecule has 2 nitrogen and oxygen atoms in total. The number of carbonyl (C=O) groups excluding carboxylic acids is 1. The first-order valence-electron chi connectivity index (χ1n) is 8.67. The molecule has 0 saturated carbocycles. The molecule has 2 aliphatic rings.